The molecule has 101 heavy (non-hydrogen) atoms. The van der Waals surface area contributed by atoms with Crippen LogP contribution in [0.5, 0.6) is 0 Å². The zero-order valence-corrected chi connectivity index (χ0v) is 58.5. The average molecular weight is 1430 g/mol. The Balaban J connectivity index is 0.000000179. The molecular formula is C75H89Cl3N16O7. The number of tetrazole rings is 3. The number of Topliss-reactive ketones (excluding diaryl/α,β-unsaturated/α-hetero) is 2. The van der Waals surface area contributed by atoms with Gasteiger partial charge in [-0.15, -0.1) is 15.3 Å². The van der Waals surface area contributed by atoms with E-state index >= 15 is 0 Å². The Morgan fingerprint density at radius 3 is 1.06 bits per heavy atom. The molecule has 0 unspecified atom stereocenters. The number of aryl methyl sites for hydroxylation is 2. The number of nitrogens with two attached hydrogens (primary N) is 1. The molecule has 3 aliphatic carbocycles. The zero-order valence-electron chi connectivity index (χ0n) is 56.3. The molecule has 3 heterocycles. The van der Waals surface area contributed by atoms with Crippen LogP contribution in [0.2, 0.25) is 15.1 Å². The number of hydrogen-bond acceptors (Lipinski definition) is 16. The van der Waals surface area contributed by atoms with Gasteiger partial charge in [0.25, 0.3) is 0 Å². The summed E-state index contributed by atoms with van der Waals surface area (Å²) in [6.45, 7) is 5.42. The molecule has 9 aromatic rings. The Kier molecular flexibility index (Phi) is 29.8. The van der Waals surface area contributed by atoms with E-state index < -0.39 is 24.1 Å². The Labute approximate surface area is 604 Å². The predicted molar refractivity (Wildman–Crippen MR) is 388 cm³/mol. The van der Waals surface area contributed by atoms with Crippen LogP contribution in [0.1, 0.15) is 169 Å². The molecule has 0 radical (unpaired) electrons. The van der Waals surface area contributed by atoms with Gasteiger partial charge in [0.05, 0.1) is 29.1 Å². The highest BCUT2D eigenvalue weighted by Crippen LogP contribution is 2.39. The van der Waals surface area contributed by atoms with Crippen LogP contribution in [0.4, 0.5) is 0 Å². The van der Waals surface area contributed by atoms with Crippen LogP contribution in [0, 0.1) is 17.8 Å². The summed E-state index contributed by atoms with van der Waals surface area (Å²) in [5.41, 5.74) is 14.5. The van der Waals surface area contributed by atoms with Crippen molar-refractivity contribution in [2.45, 2.75) is 173 Å². The second kappa shape index (κ2) is 39.0. The maximum absolute atomic E-state index is 12.9. The summed E-state index contributed by atoms with van der Waals surface area (Å²) in [6.07, 6.45) is 17.5. The van der Waals surface area contributed by atoms with Crippen molar-refractivity contribution in [3.05, 3.63) is 213 Å². The molecule has 0 aliphatic heterocycles. The summed E-state index contributed by atoms with van der Waals surface area (Å²) in [5.74, 6) is -0.170. The van der Waals surface area contributed by atoms with Crippen LogP contribution < -0.4 is 21.7 Å². The molecule has 3 fully saturated rings. The molecule has 23 nitrogen and oxygen atoms in total. The fourth-order valence-corrected chi connectivity index (χ4v) is 13.8. The van der Waals surface area contributed by atoms with Crippen molar-refractivity contribution < 1.29 is 33.9 Å². The van der Waals surface area contributed by atoms with E-state index in [2.05, 4.69) is 98.9 Å². The number of carboxylic acid groups (broad SMARTS) is 1. The first kappa shape index (κ1) is 77.3. The maximum Gasteiger partial charge on any atom is 0.325 e. The van der Waals surface area contributed by atoms with Crippen molar-refractivity contribution in [2.24, 2.45) is 23.5 Å². The smallest absolute Gasteiger partial charge is 0.325 e. The first-order valence-electron chi connectivity index (χ1n) is 34.0. The summed E-state index contributed by atoms with van der Waals surface area (Å²) in [6, 6.07) is 45.3. The molecule has 6 N–H and O–H groups in total. The van der Waals surface area contributed by atoms with Crippen LogP contribution in [0.25, 0.3) is 17.1 Å². The van der Waals surface area contributed by atoms with E-state index in [9.17, 15) is 28.8 Å². The number of aromatic nitrogens is 12. The minimum atomic E-state index is -0.992. The molecule has 0 bridgehead atoms. The van der Waals surface area contributed by atoms with Gasteiger partial charge in [0.2, 0.25) is 17.7 Å². The monoisotopic (exact) mass is 1430 g/mol. The summed E-state index contributed by atoms with van der Waals surface area (Å²) in [7, 11) is 0. The van der Waals surface area contributed by atoms with Crippen LogP contribution in [-0.2, 0) is 48.2 Å². The normalized spacial score (nSPS) is 18.6. The molecule has 6 aromatic carbocycles. The number of nitrogens with one attached hydrogen (secondary N) is 3. The average Bonchev–Trinajstić information content (AvgIpc) is 1.80. The first-order chi connectivity index (χ1) is 48.4. The van der Waals surface area contributed by atoms with Crippen molar-refractivity contribution in [1.29, 1.82) is 0 Å². The number of hydrogen-bond donors (Lipinski definition) is 5. The summed E-state index contributed by atoms with van der Waals surface area (Å²) < 4.78 is 4.65. The van der Waals surface area contributed by atoms with Gasteiger partial charge in [0, 0.05) is 52.2 Å². The number of carbonyl (C=O) groups is 6. The van der Waals surface area contributed by atoms with E-state index in [0.29, 0.717) is 52.2 Å². The summed E-state index contributed by atoms with van der Waals surface area (Å²) >= 11 is 18.2. The molecule has 3 aromatic heterocycles. The van der Waals surface area contributed by atoms with Gasteiger partial charge in [-0.1, -0.05) is 152 Å². The Bertz CT molecular complexity index is 3910. The second-order valence-electron chi connectivity index (χ2n) is 25.7. The van der Waals surface area contributed by atoms with Crippen molar-refractivity contribution in [3.8, 4) is 17.1 Å². The van der Waals surface area contributed by atoms with Crippen molar-refractivity contribution in [2.75, 3.05) is 0 Å². The van der Waals surface area contributed by atoms with Gasteiger partial charge in [-0.25, -0.2) is 14.0 Å². The quantitative estimate of drug-likeness (QED) is 0.0421. The number of halogens is 3. The number of rotatable bonds is 22. The van der Waals surface area contributed by atoms with Gasteiger partial charge in [-0.2, -0.15) is 0 Å². The van der Waals surface area contributed by atoms with E-state index in [0.717, 1.165) is 111 Å². The third-order valence-corrected chi connectivity index (χ3v) is 19.5. The summed E-state index contributed by atoms with van der Waals surface area (Å²) in [5, 5.41) is 52.6. The summed E-state index contributed by atoms with van der Waals surface area (Å²) in [4.78, 5) is 74.3. The fraction of sp³-hybridized carbons (Fsp3) is 0.400. The molecule has 3 aliphatic rings. The van der Waals surface area contributed by atoms with E-state index in [1.807, 2.05) is 84.9 Å². The molecule has 9 atom stereocenters. The largest absolute Gasteiger partial charge is 0.480 e. The number of ketones is 2. The third kappa shape index (κ3) is 22.8. The lowest BCUT2D eigenvalue weighted by Gasteiger charge is -2.29. The van der Waals surface area contributed by atoms with E-state index in [1.165, 1.54) is 42.6 Å². The van der Waals surface area contributed by atoms with Gasteiger partial charge in [0.1, 0.15) is 25.0 Å². The minimum absolute atomic E-state index is 0. The van der Waals surface area contributed by atoms with Gasteiger partial charge in [-0.05, 0) is 228 Å². The molecular weight excluding hydrogens is 1340 g/mol. The van der Waals surface area contributed by atoms with Crippen molar-refractivity contribution in [1.82, 2.24) is 76.6 Å². The zero-order chi connectivity index (χ0) is 70.9. The first-order valence-corrected chi connectivity index (χ1v) is 35.1. The van der Waals surface area contributed by atoms with Crippen molar-refractivity contribution in [3.63, 3.8) is 0 Å². The molecule has 3 amide bonds. The van der Waals surface area contributed by atoms with Crippen LogP contribution in [0.3, 0.4) is 0 Å². The predicted octanol–water partition coefficient (Wildman–Crippen LogP) is 12.6. The lowest BCUT2D eigenvalue weighted by Crippen LogP contribution is -2.42. The second-order valence-corrected chi connectivity index (χ2v) is 27.0. The number of nitrogens with zero attached hydrogens (tertiary/aromatic N) is 12. The Hall–Kier alpha value is -9.42. The van der Waals surface area contributed by atoms with Crippen LogP contribution in [-0.4, -0.2) is 119 Å². The minimum Gasteiger partial charge on any atom is -0.480 e. The number of carbonyl (C=O) groups excluding carboxylic acids is 5. The highest BCUT2D eigenvalue weighted by atomic mass is 35.5. The molecule has 0 spiro atoms. The molecule has 3 saturated carbocycles. The lowest BCUT2D eigenvalue weighted by atomic mass is 9.77. The van der Waals surface area contributed by atoms with Gasteiger partial charge in [0.15, 0.2) is 11.6 Å². The maximum atomic E-state index is 12.9. The highest BCUT2D eigenvalue weighted by Gasteiger charge is 2.33. The SMILES string of the molecule is C.C[C@H](NC(=O)[C@@H]1CCC[C@H](c2ccccc2)C1)C(=O)CCc1cc(Cl)ccc1-n1cnnn1.C[C@H](NC(=O)[C@@H]1CCC[C@H](c2ccccc2)C1)C(=O)CCc1cc(Cl)ccc1-n1cnnn1.C[C@H](NC(=O)[C@@H]1CCC[C@H](c2ccccc2)C1)C(=O)O.NCc1cc(Cl)ccc1-n1cnnn1. The van der Waals surface area contributed by atoms with Crippen molar-refractivity contribution >= 4 is 70.1 Å². The number of carboxylic acids is 1. The van der Waals surface area contributed by atoms with Gasteiger partial charge in [-0.3, -0.25) is 28.8 Å². The number of benzene rings is 6. The topological polar surface area (TPSA) is 316 Å². The van der Waals surface area contributed by atoms with Crippen LogP contribution in [0.15, 0.2) is 165 Å². The molecule has 26 heteroatoms. The lowest BCUT2D eigenvalue weighted by molar-refractivity contribution is -0.142. The van der Waals surface area contributed by atoms with Crippen LogP contribution >= 0.6 is 34.8 Å². The number of aliphatic carboxylic acids is 1. The number of amides is 3. The van der Waals surface area contributed by atoms with Gasteiger partial charge < -0.3 is 26.8 Å². The van der Waals surface area contributed by atoms with E-state index in [-0.39, 0.29) is 67.3 Å². The Morgan fingerprint density at radius 1 is 0.455 bits per heavy atom. The third-order valence-electron chi connectivity index (χ3n) is 18.8. The van der Waals surface area contributed by atoms with E-state index in [1.54, 1.807) is 52.2 Å². The standard InChI is InChI=1S/2C25H28ClN5O2.C16H21NO3.C8H8ClN5.CH4/c2*1-17(28-25(33)21-9-5-8-19(14-21)18-6-3-2-4-7-18)24(32)13-10-20-15-22(26)11-12-23(20)31-16-27-29-30-31;1-11(16(19)20)17-15(18)14-9-5-8-13(10-14)12-6-3-2-4-7-12;9-7-1-2-8(6(3-7)4-10)14-5-11-12-13-14;/h2*2-4,6-7,11-12,15-17,19,21H,5,8-10,13-14H2,1H3,(H,28,33);2-4,6-7,11,13-14H,5,8-10H2,1H3,(H,17,18)(H,19,20);1-3,5H,4,10H2;1H4/t2*17-,19-,21+;11-,13-,14+;;/m000../s1. The Morgan fingerprint density at radius 2 is 0.762 bits per heavy atom. The molecule has 12 rings (SSSR count). The molecule has 0 saturated heterocycles. The van der Waals surface area contributed by atoms with Gasteiger partial charge >= 0.3 is 5.97 Å². The van der Waals surface area contributed by atoms with E-state index in [4.69, 9.17) is 45.6 Å². The highest BCUT2D eigenvalue weighted by molar-refractivity contribution is 6.31. The molecule has 532 valence electrons. The fourth-order valence-electron chi connectivity index (χ4n) is 13.2.